The Hall–Kier alpha value is -4.07. The summed E-state index contributed by atoms with van der Waals surface area (Å²) in [6, 6.07) is 19.7. The van der Waals surface area contributed by atoms with Gasteiger partial charge in [-0.15, -0.1) is 0 Å². The first-order chi connectivity index (χ1) is 15.9. The third kappa shape index (κ3) is 4.19. The van der Waals surface area contributed by atoms with E-state index in [9.17, 15) is 14.4 Å². The Bertz CT molecular complexity index is 1420. The second-order valence-corrected chi connectivity index (χ2v) is 7.99. The standard InChI is InChI=1S/C25H27N5O3/c1-3-4-14-29-23(26)22(24(32)27-25(29)33)28(2)21(31)16-30-19-13-9-8-12-18(19)15-20(30)17-10-6-5-7-11-17/h5-13,15H,3-4,14,16,26H2,1-2H3,(H,27,32,33). The van der Waals surface area contributed by atoms with Crippen LogP contribution in [0.1, 0.15) is 19.8 Å². The predicted octanol–water partition coefficient (Wildman–Crippen LogP) is 3.20. The number of carbonyl (C=O) groups is 1. The van der Waals surface area contributed by atoms with Crippen molar-refractivity contribution < 1.29 is 4.79 Å². The molecule has 0 saturated heterocycles. The highest BCUT2D eigenvalue weighted by Crippen LogP contribution is 2.28. The highest BCUT2D eigenvalue weighted by Gasteiger charge is 2.22. The average molecular weight is 446 g/mol. The van der Waals surface area contributed by atoms with Crippen LogP contribution in [-0.2, 0) is 17.9 Å². The second kappa shape index (κ2) is 9.20. The fourth-order valence-electron chi connectivity index (χ4n) is 4.03. The van der Waals surface area contributed by atoms with Crippen molar-refractivity contribution in [3.8, 4) is 11.3 Å². The number of fused-ring (bicyclic) bond motifs is 1. The van der Waals surface area contributed by atoms with E-state index in [1.54, 1.807) is 0 Å². The number of H-pyrrole nitrogens is 1. The third-order valence-corrected chi connectivity index (χ3v) is 5.83. The maximum atomic E-state index is 13.4. The van der Waals surface area contributed by atoms with Crippen LogP contribution in [0.5, 0.6) is 0 Å². The van der Waals surface area contributed by atoms with Gasteiger partial charge >= 0.3 is 5.69 Å². The van der Waals surface area contributed by atoms with Gasteiger partial charge in [-0.25, -0.2) is 4.79 Å². The lowest BCUT2D eigenvalue weighted by Gasteiger charge is -2.21. The van der Waals surface area contributed by atoms with Crippen molar-refractivity contribution in [1.29, 1.82) is 0 Å². The lowest BCUT2D eigenvalue weighted by Crippen LogP contribution is -2.40. The predicted molar refractivity (Wildman–Crippen MR) is 131 cm³/mol. The zero-order valence-electron chi connectivity index (χ0n) is 18.7. The van der Waals surface area contributed by atoms with Crippen LogP contribution < -0.4 is 21.9 Å². The number of anilines is 2. The van der Waals surface area contributed by atoms with Crippen molar-refractivity contribution in [2.45, 2.75) is 32.9 Å². The number of carbonyl (C=O) groups excluding carboxylic acids is 1. The van der Waals surface area contributed by atoms with Gasteiger partial charge in [0.25, 0.3) is 5.56 Å². The van der Waals surface area contributed by atoms with E-state index in [-0.39, 0.29) is 24.0 Å². The Kier molecular flexibility index (Phi) is 6.17. The number of aromatic amines is 1. The van der Waals surface area contributed by atoms with E-state index < -0.39 is 11.2 Å². The molecule has 8 nitrogen and oxygen atoms in total. The normalized spacial score (nSPS) is 11.1. The highest BCUT2D eigenvalue weighted by molar-refractivity contribution is 5.97. The van der Waals surface area contributed by atoms with Crippen LogP contribution in [0, 0.1) is 0 Å². The molecule has 8 heteroatoms. The van der Waals surface area contributed by atoms with Gasteiger partial charge in [0.2, 0.25) is 5.91 Å². The molecule has 0 aliphatic heterocycles. The molecule has 2 aromatic heterocycles. The molecule has 0 aliphatic rings. The molecule has 0 unspecified atom stereocenters. The summed E-state index contributed by atoms with van der Waals surface area (Å²) < 4.78 is 3.24. The van der Waals surface area contributed by atoms with Gasteiger partial charge in [-0.2, -0.15) is 0 Å². The number of benzene rings is 2. The van der Waals surface area contributed by atoms with E-state index in [0.717, 1.165) is 35.0 Å². The summed E-state index contributed by atoms with van der Waals surface area (Å²) in [5, 5.41) is 1.01. The molecule has 0 spiro atoms. The monoisotopic (exact) mass is 445 g/mol. The van der Waals surface area contributed by atoms with Gasteiger partial charge in [-0.3, -0.25) is 19.1 Å². The summed E-state index contributed by atoms with van der Waals surface area (Å²) in [7, 11) is 1.51. The highest BCUT2D eigenvalue weighted by atomic mass is 16.2. The van der Waals surface area contributed by atoms with E-state index in [4.69, 9.17) is 5.73 Å². The number of nitrogens with zero attached hydrogens (tertiary/aromatic N) is 3. The molecular weight excluding hydrogens is 418 g/mol. The first kappa shape index (κ1) is 22.1. The van der Waals surface area contributed by atoms with Crippen LogP contribution >= 0.6 is 0 Å². The van der Waals surface area contributed by atoms with Crippen molar-refractivity contribution >= 4 is 28.3 Å². The van der Waals surface area contributed by atoms with Gasteiger partial charge in [0, 0.05) is 30.2 Å². The number of rotatable bonds is 7. The topological polar surface area (TPSA) is 106 Å². The molecule has 2 heterocycles. The van der Waals surface area contributed by atoms with Crippen LogP contribution in [-0.4, -0.2) is 27.1 Å². The molecule has 4 aromatic rings. The number of hydrogen-bond donors (Lipinski definition) is 2. The molecule has 3 N–H and O–H groups in total. The summed E-state index contributed by atoms with van der Waals surface area (Å²) in [5.41, 5.74) is 7.71. The molecule has 170 valence electrons. The fraction of sp³-hybridized carbons (Fsp3) is 0.240. The lowest BCUT2D eigenvalue weighted by molar-refractivity contribution is -0.118. The number of aromatic nitrogens is 3. The number of hydrogen-bond acceptors (Lipinski definition) is 4. The SMILES string of the molecule is CCCCn1c(N)c(N(C)C(=O)Cn2c(-c3ccccc3)cc3ccccc32)c(=O)[nH]c1=O. The van der Waals surface area contributed by atoms with Crippen molar-refractivity contribution in [2.75, 3.05) is 17.7 Å². The molecule has 4 rings (SSSR count). The molecule has 0 radical (unpaired) electrons. The first-order valence-corrected chi connectivity index (χ1v) is 10.9. The smallest absolute Gasteiger partial charge is 0.330 e. The van der Waals surface area contributed by atoms with Gasteiger partial charge in [-0.05, 0) is 24.1 Å². The van der Waals surface area contributed by atoms with Crippen molar-refractivity contribution in [1.82, 2.24) is 14.1 Å². The Morgan fingerprint density at radius 3 is 2.45 bits per heavy atom. The largest absolute Gasteiger partial charge is 0.383 e. The molecule has 2 aromatic carbocycles. The van der Waals surface area contributed by atoms with Crippen molar-refractivity contribution in [2.24, 2.45) is 0 Å². The van der Waals surface area contributed by atoms with Gasteiger partial charge in [0.15, 0.2) is 5.69 Å². The number of nitrogen functional groups attached to an aromatic ring is 1. The number of para-hydroxylation sites is 1. The number of likely N-dealkylation sites (N-methyl/N-ethyl adjacent to an activating group) is 1. The number of amides is 1. The van der Waals surface area contributed by atoms with Crippen LogP contribution in [0.25, 0.3) is 22.2 Å². The Labute approximate surface area is 190 Å². The molecule has 0 fully saturated rings. The van der Waals surface area contributed by atoms with Crippen LogP contribution in [0.2, 0.25) is 0 Å². The van der Waals surface area contributed by atoms with Gasteiger partial charge < -0.3 is 15.2 Å². The molecule has 0 bridgehead atoms. The minimum Gasteiger partial charge on any atom is -0.383 e. The fourth-order valence-corrected chi connectivity index (χ4v) is 4.03. The van der Waals surface area contributed by atoms with E-state index in [1.165, 1.54) is 16.5 Å². The number of nitrogens with two attached hydrogens (primary N) is 1. The van der Waals surface area contributed by atoms with Crippen LogP contribution in [0.3, 0.4) is 0 Å². The molecule has 33 heavy (non-hydrogen) atoms. The molecule has 0 atom stereocenters. The maximum Gasteiger partial charge on any atom is 0.330 e. The summed E-state index contributed by atoms with van der Waals surface area (Å²) in [4.78, 5) is 41.7. The van der Waals surface area contributed by atoms with E-state index in [1.807, 2.05) is 72.2 Å². The summed E-state index contributed by atoms with van der Waals surface area (Å²) >= 11 is 0. The Morgan fingerprint density at radius 2 is 1.73 bits per heavy atom. The molecule has 0 saturated carbocycles. The Balaban J connectivity index is 1.74. The first-order valence-electron chi connectivity index (χ1n) is 10.9. The minimum absolute atomic E-state index is 0.00120. The van der Waals surface area contributed by atoms with Crippen LogP contribution in [0.4, 0.5) is 11.5 Å². The second-order valence-electron chi connectivity index (χ2n) is 7.99. The molecule has 1 amide bonds. The zero-order valence-corrected chi connectivity index (χ0v) is 18.7. The number of nitrogens with one attached hydrogen (secondary N) is 1. The number of unbranched alkanes of at least 4 members (excludes halogenated alkanes) is 1. The summed E-state index contributed by atoms with van der Waals surface area (Å²) in [5.74, 6) is -0.333. The third-order valence-electron chi connectivity index (χ3n) is 5.83. The van der Waals surface area contributed by atoms with Crippen molar-refractivity contribution in [3.05, 3.63) is 81.5 Å². The van der Waals surface area contributed by atoms with Gasteiger partial charge in [-0.1, -0.05) is 61.9 Å². The van der Waals surface area contributed by atoms with Gasteiger partial charge in [0.1, 0.15) is 12.4 Å². The lowest BCUT2D eigenvalue weighted by atomic mass is 10.1. The molecule has 0 aliphatic carbocycles. The van der Waals surface area contributed by atoms with Crippen LogP contribution in [0.15, 0.2) is 70.3 Å². The van der Waals surface area contributed by atoms with Crippen molar-refractivity contribution in [3.63, 3.8) is 0 Å². The Morgan fingerprint density at radius 1 is 1.03 bits per heavy atom. The minimum atomic E-state index is -0.679. The van der Waals surface area contributed by atoms with E-state index >= 15 is 0 Å². The average Bonchev–Trinajstić information content (AvgIpc) is 3.17. The maximum absolute atomic E-state index is 13.4. The molecular formula is C25H27N5O3. The summed E-state index contributed by atoms with van der Waals surface area (Å²) in [6.45, 7) is 2.36. The quantitative estimate of drug-likeness (QED) is 0.456. The van der Waals surface area contributed by atoms with E-state index in [0.29, 0.717) is 6.54 Å². The van der Waals surface area contributed by atoms with E-state index in [2.05, 4.69) is 4.98 Å². The summed E-state index contributed by atoms with van der Waals surface area (Å²) in [6.07, 6.45) is 1.58. The van der Waals surface area contributed by atoms with Gasteiger partial charge in [0.05, 0.1) is 0 Å². The zero-order chi connectivity index (χ0) is 23.5.